The monoisotopic (exact) mass is 338 g/mol. The molecule has 2 unspecified atom stereocenters. The van der Waals surface area contributed by atoms with E-state index in [9.17, 15) is 18.0 Å². The summed E-state index contributed by atoms with van der Waals surface area (Å²) in [5, 5.41) is 5.55. The van der Waals surface area contributed by atoms with E-state index in [1.165, 1.54) is 0 Å². The number of carbonyl (C=O) groups excluding carboxylic acids is 2. The lowest BCUT2D eigenvalue weighted by atomic mass is 10.0. The molecular weight excluding hydrogens is 316 g/mol. The molecule has 1 aliphatic heterocycles. The highest BCUT2D eigenvalue weighted by atomic mass is 32.2. The normalized spacial score (nSPS) is 23.9. The maximum absolute atomic E-state index is 12.1. The van der Waals surface area contributed by atoms with Crippen molar-refractivity contribution < 1.29 is 18.0 Å². The standard InChI is InChI=1S/C16H22N2O4S/c1-12(17-15(20)13-6-4-3-5-7-13)10-14(19)18-16(2)8-9-23(21,22)11-16/h3-7,12H,8-11H2,1-2H3,(H,17,20)(H,18,19). The van der Waals surface area contributed by atoms with Crippen LogP contribution < -0.4 is 10.6 Å². The lowest BCUT2D eigenvalue weighted by Gasteiger charge is -2.25. The lowest BCUT2D eigenvalue weighted by Crippen LogP contribution is -2.48. The second-order valence-electron chi connectivity index (χ2n) is 6.40. The Hall–Kier alpha value is -1.89. The lowest BCUT2D eigenvalue weighted by molar-refractivity contribution is -0.122. The highest BCUT2D eigenvalue weighted by Gasteiger charge is 2.39. The van der Waals surface area contributed by atoms with Gasteiger partial charge in [0, 0.05) is 18.0 Å². The Labute approximate surface area is 136 Å². The van der Waals surface area contributed by atoms with Gasteiger partial charge in [0.25, 0.3) is 5.91 Å². The predicted molar refractivity (Wildman–Crippen MR) is 87.8 cm³/mol. The first kappa shape index (κ1) is 17.5. The molecule has 1 heterocycles. The molecule has 126 valence electrons. The van der Waals surface area contributed by atoms with E-state index in [0.717, 1.165) is 0 Å². The zero-order valence-corrected chi connectivity index (χ0v) is 14.2. The van der Waals surface area contributed by atoms with Gasteiger partial charge in [0.2, 0.25) is 5.91 Å². The summed E-state index contributed by atoms with van der Waals surface area (Å²) in [6.07, 6.45) is 0.528. The summed E-state index contributed by atoms with van der Waals surface area (Å²) in [5.41, 5.74) is -0.174. The van der Waals surface area contributed by atoms with Gasteiger partial charge >= 0.3 is 0 Å². The Bertz CT molecular complexity index is 687. The Balaban J connectivity index is 1.84. The minimum atomic E-state index is -3.07. The topological polar surface area (TPSA) is 92.3 Å². The molecule has 0 aromatic heterocycles. The van der Waals surface area contributed by atoms with Gasteiger partial charge in [0.05, 0.1) is 17.0 Å². The SMILES string of the molecule is CC(CC(=O)NC1(C)CCS(=O)(=O)C1)NC(=O)c1ccccc1. The maximum Gasteiger partial charge on any atom is 0.251 e. The van der Waals surface area contributed by atoms with Crippen LogP contribution in [0, 0.1) is 0 Å². The third-order valence-electron chi connectivity index (χ3n) is 3.85. The molecule has 0 spiro atoms. The number of rotatable bonds is 5. The van der Waals surface area contributed by atoms with Crippen molar-refractivity contribution in [3.8, 4) is 0 Å². The third kappa shape index (κ3) is 5.06. The molecule has 2 rings (SSSR count). The van der Waals surface area contributed by atoms with Gasteiger partial charge < -0.3 is 10.6 Å². The molecule has 1 fully saturated rings. The molecule has 7 heteroatoms. The summed E-state index contributed by atoms with van der Waals surface area (Å²) in [7, 11) is -3.07. The molecule has 0 bridgehead atoms. The first-order valence-electron chi connectivity index (χ1n) is 7.56. The van der Waals surface area contributed by atoms with Crippen LogP contribution in [0.4, 0.5) is 0 Å². The fourth-order valence-electron chi connectivity index (χ4n) is 2.72. The van der Waals surface area contributed by atoms with Crippen molar-refractivity contribution in [2.75, 3.05) is 11.5 Å². The number of hydrogen-bond acceptors (Lipinski definition) is 4. The smallest absolute Gasteiger partial charge is 0.251 e. The van der Waals surface area contributed by atoms with Gasteiger partial charge in [-0.2, -0.15) is 0 Å². The molecule has 23 heavy (non-hydrogen) atoms. The van der Waals surface area contributed by atoms with Crippen LogP contribution in [0.1, 0.15) is 37.0 Å². The van der Waals surface area contributed by atoms with Crippen molar-refractivity contribution in [1.29, 1.82) is 0 Å². The number of nitrogens with one attached hydrogen (secondary N) is 2. The van der Waals surface area contributed by atoms with Crippen LogP contribution in [0.2, 0.25) is 0 Å². The quantitative estimate of drug-likeness (QED) is 0.834. The largest absolute Gasteiger partial charge is 0.350 e. The minimum Gasteiger partial charge on any atom is -0.350 e. The Morgan fingerprint density at radius 1 is 1.26 bits per heavy atom. The number of sulfone groups is 1. The summed E-state index contributed by atoms with van der Waals surface area (Å²) in [5.74, 6) is -0.424. The Morgan fingerprint density at radius 3 is 2.48 bits per heavy atom. The van der Waals surface area contributed by atoms with Gasteiger partial charge in [-0.3, -0.25) is 9.59 Å². The summed E-state index contributed by atoms with van der Waals surface area (Å²) >= 11 is 0. The highest BCUT2D eigenvalue weighted by Crippen LogP contribution is 2.22. The molecule has 2 N–H and O–H groups in total. The van der Waals surface area contributed by atoms with Crippen LogP contribution in [-0.2, 0) is 14.6 Å². The molecule has 1 aliphatic rings. The van der Waals surface area contributed by atoms with Crippen LogP contribution in [-0.4, -0.2) is 43.3 Å². The summed E-state index contributed by atoms with van der Waals surface area (Å²) < 4.78 is 23.1. The van der Waals surface area contributed by atoms with E-state index in [2.05, 4.69) is 10.6 Å². The zero-order chi connectivity index (χ0) is 17.1. The number of hydrogen-bond donors (Lipinski definition) is 2. The average Bonchev–Trinajstić information content (AvgIpc) is 2.72. The van der Waals surface area contributed by atoms with Crippen LogP contribution in [0.15, 0.2) is 30.3 Å². The van der Waals surface area contributed by atoms with Crippen molar-refractivity contribution in [3.63, 3.8) is 0 Å². The molecule has 0 radical (unpaired) electrons. The fraction of sp³-hybridized carbons (Fsp3) is 0.500. The maximum atomic E-state index is 12.1. The van der Waals surface area contributed by atoms with E-state index >= 15 is 0 Å². The third-order valence-corrected chi connectivity index (χ3v) is 5.75. The molecule has 1 aromatic rings. The summed E-state index contributed by atoms with van der Waals surface area (Å²) in [6, 6.07) is 8.43. The molecule has 0 aliphatic carbocycles. The van der Waals surface area contributed by atoms with E-state index in [4.69, 9.17) is 0 Å². The van der Waals surface area contributed by atoms with Crippen molar-refractivity contribution in [2.24, 2.45) is 0 Å². The summed E-state index contributed by atoms with van der Waals surface area (Å²) in [4.78, 5) is 24.1. The fourth-order valence-corrected chi connectivity index (χ4v) is 4.82. The molecule has 0 saturated carbocycles. The molecule has 1 aromatic carbocycles. The second-order valence-corrected chi connectivity index (χ2v) is 8.58. The van der Waals surface area contributed by atoms with Crippen LogP contribution in [0.3, 0.4) is 0 Å². The van der Waals surface area contributed by atoms with Crippen LogP contribution >= 0.6 is 0 Å². The average molecular weight is 338 g/mol. The number of carbonyl (C=O) groups is 2. The molecule has 6 nitrogen and oxygen atoms in total. The minimum absolute atomic E-state index is 0.0313. The van der Waals surface area contributed by atoms with E-state index in [1.54, 1.807) is 38.1 Å². The molecule has 2 amide bonds. The first-order chi connectivity index (χ1) is 10.7. The predicted octanol–water partition coefficient (Wildman–Crippen LogP) is 0.888. The van der Waals surface area contributed by atoms with Gasteiger partial charge in [-0.05, 0) is 32.4 Å². The van der Waals surface area contributed by atoms with Crippen LogP contribution in [0.5, 0.6) is 0 Å². The van der Waals surface area contributed by atoms with Crippen molar-refractivity contribution in [2.45, 2.75) is 38.3 Å². The van der Waals surface area contributed by atoms with Gasteiger partial charge in [-0.25, -0.2) is 8.42 Å². The zero-order valence-electron chi connectivity index (χ0n) is 13.3. The first-order valence-corrected chi connectivity index (χ1v) is 9.39. The Kier molecular flexibility index (Phi) is 5.09. The van der Waals surface area contributed by atoms with Crippen molar-refractivity contribution >= 4 is 21.7 Å². The van der Waals surface area contributed by atoms with Gasteiger partial charge in [-0.15, -0.1) is 0 Å². The number of amides is 2. The van der Waals surface area contributed by atoms with E-state index in [1.807, 2.05) is 6.07 Å². The van der Waals surface area contributed by atoms with Gasteiger partial charge in [0.15, 0.2) is 9.84 Å². The van der Waals surface area contributed by atoms with Crippen molar-refractivity contribution in [1.82, 2.24) is 10.6 Å². The molecule has 2 atom stereocenters. The molecular formula is C16H22N2O4S. The van der Waals surface area contributed by atoms with Gasteiger partial charge in [-0.1, -0.05) is 18.2 Å². The molecule has 1 saturated heterocycles. The van der Waals surface area contributed by atoms with E-state index in [-0.39, 0.29) is 35.8 Å². The van der Waals surface area contributed by atoms with Crippen molar-refractivity contribution in [3.05, 3.63) is 35.9 Å². The number of benzene rings is 1. The van der Waals surface area contributed by atoms with Crippen LogP contribution in [0.25, 0.3) is 0 Å². The van der Waals surface area contributed by atoms with E-state index < -0.39 is 15.4 Å². The Morgan fingerprint density at radius 2 is 1.91 bits per heavy atom. The summed E-state index contributed by atoms with van der Waals surface area (Å²) in [6.45, 7) is 3.48. The van der Waals surface area contributed by atoms with E-state index in [0.29, 0.717) is 12.0 Å². The second kappa shape index (κ2) is 6.70. The highest BCUT2D eigenvalue weighted by molar-refractivity contribution is 7.91. The van der Waals surface area contributed by atoms with Gasteiger partial charge in [0.1, 0.15) is 0 Å².